The highest BCUT2D eigenvalue weighted by atomic mass is 35.5. The van der Waals surface area contributed by atoms with Crippen molar-refractivity contribution in [3.05, 3.63) is 45.6 Å². The Morgan fingerprint density at radius 2 is 2.22 bits per heavy atom. The van der Waals surface area contributed by atoms with Crippen LogP contribution in [0, 0.1) is 5.41 Å². The van der Waals surface area contributed by atoms with Gasteiger partial charge in [-0.3, -0.25) is 4.79 Å². The third kappa shape index (κ3) is 3.69. The summed E-state index contributed by atoms with van der Waals surface area (Å²) in [5, 5.41) is 17.8. The van der Waals surface area contributed by atoms with Crippen molar-refractivity contribution in [2.45, 2.75) is 26.0 Å². The molecule has 0 aliphatic carbocycles. The van der Waals surface area contributed by atoms with Crippen LogP contribution < -0.4 is 4.40 Å². The van der Waals surface area contributed by atoms with E-state index in [0.29, 0.717) is 10.1 Å². The van der Waals surface area contributed by atoms with Crippen molar-refractivity contribution in [3.63, 3.8) is 0 Å². The number of carbonyl (C=O) groups is 2. The van der Waals surface area contributed by atoms with E-state index in [-0.39, 0.29) is 18.1 Å². The molecule has 3 rings (SSSR count). The van der Waals surface area contributed by atoms with E-state index in [1.165, 1.54) is 34.2 Å². The number of ketones is 1. The first kappa shape index (κ1) is 19.0. The molecular weight excluding hydrogens is 392 g/mol. The molecule has 27 heavy (non-hydrogen) atoms. The topological polar surface area (TPSA) is 109 Å². The van der Waals surface area contributed by atoms with Gasteiger partial charge in [-0.15, -0.1) is 11.3 Å². The number of aromatic hydroxyl groups is 1. The van der Waals surface area contributed by atoms with E-state index in [9.17, 15) is 14.7 Å². The van der Waals surface area contributed by atoms with Crippen LogP contribution in [0.25, 0.3) is 5.65 Å². The van der Waals surface area contributed by atoms with E-state index < -0.39 is 17.4 Å². The molecule has 0 amide bonds. The number of carbonyl (C=O) groups excluding carboxylic acids is 2. The monoisotopic (exact) mass is 407 g/mol. The van der Waals surface area contributed by atoms with Gasteiger partial charge in [-0.25, -0.2) is 14.3 Å². The van der Waals surface area contributed by atoms with Crippen molar-refractivity contribution >= 4 is 46.6 Å². The smallest absolute Gasteiger partial charge is 0.384 e. The molecule has 0 spiro atoms. The fourth-order valence-electron chi connectivity index (χ4n) is 2.49. The molecule has 0 unspecified atom stereocenters. The Morgan fingerprint density at radius 3 is 2.85 bits per heavy atom. The first-order chi connectivity index (χ1) is 12.7. The zero-order chi connectivity index (χ0) is 19.8. The van der Waals surface area contributed by atoms with Crippen LogP contribution in [0.3, 0.4) is 0 Å². The van der Waals surface area contributed by atoms with Crippen molar-refractivity contribution in [1.82, 2.24) is 9.55 Å². The fraction of sp³-hybridized carbons (Fsp3) is 0.235. The summed E-state index contributed by atoms with van der Waals surface area (Å²) < 4.78 is 8.31. The average Bonchev–Trinajstić information content (AvgIpc) is 3.16. The molecule has 0 fully saturated rings. The van der Waals surface area contributed by atoms with Gasteiger partial charge >= 0.3 is 17.6 Å². The van der Waals surface area contributed by atoms with Crippen LogP contribution in [0.1, 0.15) is 29.2 Å². The lowest BCUT2D eigenvalue weighted by Gasteiger charge is -2.18. The molecule has 0 aromatic carbocycles. The first-order valence-electron chi connectivity index (χ1n) is 7.85. The summed E-state index contributed by atoms with van der Waals surface area (Å²) in [5.74, 6) is -2.55. The highest BCUT2D eigenvalue weighted by Gasteiger charge is 2.37. The van der Waals surface area contributed by atoms with Crippen molar-refractivity contribution < 1.29 is 23.8 Å². The van der Waals surface area contributed by atoms with Gasteiger partial charge in [0.1, 0.15) is 12.1 Å². The number of nitrogens with one attached hydrogen (secondary N) is 1. The minimum atomic E-state index is -1.24. The first-order valence-corrected chi connectivity index (χ1v) is 9.04. The van der Waals surface area contributed by atoms with Crippen LogP contribution in [-0.2, 0) is 16.1 Å². The molecule has 0 saturated heterocycles. The molecule has 0 bridgehead atoms. The van der Waals surface area contributed by atoms with Gasteiger partial charge in [0.25, 0.3) is 11.3 Å². The predicted molar refractivity (Wildman–Crippen MR) is 98.8 cm³/mol. The number of rotatable bonds is 6. The molecule has 10 heteroatoms. The normalized spacial score (nSPS) is 11.5. The molecule has 0 atom stereocenters. The van der Waals surface area contributed by atoms with Crippen molar-refractivity contribution in [2.24, 2.45) is 0 Å². The van der Waals surface area contributed by atoms with Gasteiger partial charge in [-0.05, 0) is 19.9 Å². The van der Waals surface area contributed by atoms with Gasteiger partial charge in [0.05, 0.1) is 11.1 Å². The maximum Gasteiger partial charge on any atom is 0.384 e. The van der Waals surface area contributed by atoms with Crippen molar-refractivity contribution in [1.29, 1.82) is 5.41 Å². The third-order valence-electron chi connectivity index (χ3n) is 3.77. The van der Waals surface area contributed by atoms with Crippen LogP contribution in [0.5, 0.6) is 5.88 Å². The Bertz CT molecular complexity index is 1060. The molecule has 2 N–H and O–H groups in total. The van der Waals surface area contributed by atoms with E-state index in [4.69, 9.17) is 21.7 Å². The molecule has 0 aliphatic heterocycles. The quantitative estimate of drug-likeness (QED) is 0.214. The maximum absolute atomic E-state index is 12.8. The number of thiazole rings is 1. The highest BCUT2D eigenvalue weighted by Crippen LogP contribution is 2.24. The molecule has 0 aliphatic rings. The van der Waals surface area contributed by atoms with Gasteiger partial charge in [-0.2, -0.15) is 4.40 Å². The number of halogens is 1. The summed E-state index contributed by atoms with van der Waals surface area (Å²) in [6.45, 7) is 3.14. The molecule has 0 radical (unpaired) electrons. The minimum Gasteiger partial charge on any atom is -0.474 e. The molecule has 0 saturated carbocycles. The lowest BCUT2D eigenvalue weighted by molar-refractivity contribution is -0.521. The number of hydrogen-bond acceptors (Lipinski definition) is 7. The second kappa shape index (κ2) is 7.09. The summed E-state index contributed by atoms with van der Waals surface area (Å²) in [4.78, 5) is 29.8. The number of nitrogens with zero attached hydrogens (tertiary/aromatic N) is 3. The van der Waals surface area contributed by atoms with Gasteiger partial charge in [0.15, 0.2) is 4.47 Å². The number of imidazole rings is 1. The van der Waals surface area contributed by atoms with Crippen molar-refractivity contribution in [3.8, 4) is 5.88 Å². The number of esters is 1. The number of hydrogen-bond donors (Lipinski definition) is 2. The van der Waals surface area contributed by atoms with Crippen LogP contribution in [0.4, 0.5) is 0 Å². The Labute approximate surface area is 163 Å². The predicted octanol–water partition coefficient (Wildman–Crippen LogP) is 2.24. The summed E-state index contributed by atoms with van der Waals surface area (Å²) >= 11 is 7.10. The molecule has 3 heterocycles. The Morgan fingerprint density at radius 1 is 1.48 bits per heavy atom. The minimum absolute atomic E-state index is 0.181. The number of Topliss-reactive ketones (excluding diaryl/α,β-unsaturated/α-hetero) is 1. The highest BCUT2D eigenvalue weighted by molar-refractivity contribution is 7.15. The molecule has 8 nitrogen and oxygen atoms in total. The second-order valence-electron chi connectivity index (χ2n) is 6.23. The van der Waals surface area contributed by atoms with Gasteiger partial charge < -0.3 is 15.3 Å². The van der Waals surface area contributed by atoms with Crippen LogP contribution in [0.2, 0.25) is 4.47 Å². The SMILES string of the molecule is CC(C)(C=N)OC(=O)C(=O)c1c(O)[n+]2ccccc2n1Cc1cnc(Cl)s1. The number of fused-ring (bicyclic) bond motifs is 1. The van der Waals surface area contributed by atoms with Crippen LogP contribution in [0.15, 0.2) is 30.6 Å². The summed E-state index contributed by atoms with van der Waals surface area (Å²) in [5.41, 5.74) is -0.948. The molecular formula is C17H16ClN4O4S+. The lowest BCUT2D eigenvalue weighted by atomic mass is 10.1. The zero-order valence-corrected chi connectivity index (χ0v) is 16.0. The van der Waals surface area contributed by atoms with E-state index >= 15 is 0 Å². The van der Waals surface area contributed by atoms with Gasteiger partial charge in [-0.1, -0.05) is 17.7 Å². The molecule has 3 aromatic heterocycles. The Balaban J connectivity index is 2.09. The number of pyridine rings is 1. The van der Waals surface area contributed by atoms with Crippen molar-refractivity contribution in [2.75, 3.05) is 0 Å². The Hall–Kier alpha value is -2.78. The van der Waals surface area contributed by atoms with Gasteiger partial charge in [0, 0.05) is 18.5 Å². The zero-order valence-electron chi connectivity index (χ0n) is 14.5. The molecule has 3 aromatic rings. The van der Waals surface area contributed by atoms with Gasteiger partial charge in [0.2, 0.25) is 0 Å². The Kier molecular flexibility index (Phi) is 4.99. The van der Waals surface area contributed by atoms with E-state index in [0.717, 1.165) is 11.1 Å². The summed E-state index contributed by atoms with van der Waals surface area (Å²) in [6, 6.07) is 5.13. The maximum atomic E-state index is 12.8. The van der Waals surface area contributed by atoms with E-state index in [1.807, 2.05) is 0 Å². The fourth-order valence-corrected chi connectivity index (χ4v) is 3.46. The average molecular weight is 408 g/mol. The summed E-state index contributed by atoms with van der Waals surface area (Å²) in [6.07, 6.45) is 4.06. The second-order valence-corrected chi connectivity index (χ2v) is 7.93. The lowest BCUT2D eigenvalue weighted by Crippen LogP contribution is -2.33. The summed E-state index contributed by atoms with van der Waals surface area (Å²) in [7, 11) is 0. The van der Waals surface area contributed by atoms with E-state index in [1.54, 1.807) is 30.6 Å². The largest absolute Gasteiger partial charge is 0.474 e. The third-order valence-corrected chi connectivity index (χ3v) is 4.87. The van der Waals surface area contributed by atoms with Crippen LogP contribution >= 0.6 is 22.9 Å². The number of ether oxygens (including phenoxy) is 1. The van der Waals surface area contributed by atoms with Crippen LogP contribution in [-0.4, -0.2) is 38.2 Å². The number of aromatic nitrogens is 3. The standard InChI is InChI=1S/C17H15ClN4O4S/c1-17(2,9-19)26-15(25)13(23)12-14(24)21-6-4-3-5-11(21)22(12)8-10-7-20-16(18)27-10/h3-7,9,19H,8H2,1-2H3/p+1. The van der Waals surface area contributed by atoms with E-state index in [2.05, 4.69) is 4.98 Å². The molecule has 140 valence electrons.